The number of benzene rings is 2. The highest BCUT2D eigenvalue weighted by atomic mass is 35.5. The van der Waals surface area contributed by atoms with Crippen molar-refractivity contribution in [3.8, 4) is 17.0 Å². The molecule has 3 aromatic rings. The highest BCUT2D eigenvalue weighted by Gasteiger charge is 2.46. The molecule has 0 unspecified atom stereocenters. The van der Waals surface area contributed by atoms with Crippen LogP contribution in [0, 0.1) is 5.41 Å². The number of hydrogen-bond acceptors (Lipinski definition) is 7. The van der Waals surface area contributed by atoms with Crippen molar-refractivity contribution in [2.75, 3.05) is 30.3 Å². The van der Waals surface area contributed by atoms with E-state index in [1.54, 1.807) is 4.90 Å². The number of hydrogen-bond donors (Lipinski definition) is 3. The molecule has 2 saturated heterocycles. The highest BCUT2D eigenvalue weighted by molar-refractivity contribution is 6.30. The van der Waals surface area contributed by atoms with Gasteiger partial charge in [-0.2, -0.15) is 49.5 Å². The molecular weight excluding hydrogens is 673 g/mol. The molecule has 254 valence electrons. The van der Waals surface area contributed by atoms with Crippen LogP contribution in [0.2, 0.25) is 5.02 Å². The fraction of sp³-hybridized carbons (Fsp3) is 0.414. The van der Waals surface area contributed by atoms with Crippen LogP contribution >= 0.6 is 11.6 Å². The van der Waals surface area contributed by atoms with E-state index >= 15 is 0 Å². The average molecular weight is 698 g/mol. The van der Waals surface area contributed by atoms with Crippen molar-refractivity contribution < 1.29 is 54.2 Å². The van der Waals surface area contributed by atoms with Gasteiger partial charge in [0.1, 0.15) is 11.9 Å². The number of nitrogen functional groups attached to an aromatic ring is 1. The number of carboxylic acid groups (broad SMARTS) is 1. The molecule has 0 aliphatic carbocycles. The molecule has 0 saturated carbocycles. The van der Waals surface area contributed by atoms with E-state index in [2.05, 4.69) is 15.3 Å². The molecule has 2 aliphatic rings. The van der Waals surface area contributed by atoms with Crippen LogP contribution in [-0.4, -0.2) is 52.9 Å². The smallest absolute Gasteiger partial charge is 0.429 e. The summed E-state index contributed by atoms with van der Waals surface area (Å²) in [6.45, 7) is 1.18. The number of carboxylic acids is 1. The maximum atomic E-state index is 14.6. The standard InChI is InChI=1S/C29H25ClF9N5O3/c30-17-1-2-18(19(10-17)14-7-15(27(31,32)33)9-16(8-14)28(34,35)36)23(29(37,38)39)47-22-11-21(42-25(40)43-22)44-5-3-26(4-6-44)12-20(24(45)46)41-13-26/h1-2,7-11,20,23,41H,3-6,12-13H2,(H,45,46)(H2,40,42,43)/t20-,23+/m0/s1. The fourth-order valence-corrected chi connectivity index (χ4v) is 6.05. The lowest BCUT2D eigenvalue weighted by atomic mass is 9.76. The highest BCUT2D eigenvalue weighted by Crippen LogP contribution is 2.45. The summed E-state index contributed by atoms with van der Waals surface area (Å²) in [6, 6.07) is 3.42. The third-order valence-corrected chi connectivity index (χ3v) is 8.48. The van der Waals surface area contributed by atoms with E-state index in [0.717, 1.165) is 24.3 Å². The number of halogens is 10. The van der Waals surface area contributed by atoms with Gasteiger partial charge in [0.15, 0.2) is 0 Å². The Morgan fingerprint density at radius 1 is 0.979 bits per heavy atom. The van der Waals surface area contributed by atoms with Crippen LogP contribution in [0.5, 0.6) is 5.88 Å². The third-order valence-electron chi connectivity index (χ3n) is 8.25. The summed E-state index contributed by atoms with van der Waals surface area (Å²) >= 11 is 5.96. The Morgan fingerprint density at radius 3 is 2.13 bits per heavy atom. The maximum absolute atomic E-state index is 14.6. The molecule has 2 fully saturated rings. The summed E-state index contributed by atoms with van der Waals surface area (Å²) in [5.74, 6) is -1.99. The van der Waals surface area contributed by atoms with Gasteiger partial charge in [0.25, 0.3) is 0 Å². The minimum atomic E-state index is -5.26. The molecule has 47 heavy (non-hydrogen) atoms. The molecule has 1 aromatic heterocycles. The van der Waals surface area contributed by atoms with Crippen molar-refractivity contribution >= 4 is 29.3 Å². The Balaban J connectivity index is 1.49. The topological polar surface area (TPSA) is 114 Å². The zero-order valence-corrected chi connectivity index (χ0v) is 24.7. The molecule has 4 N–H and O–H groups in total. The van der Waals surface area contributed by atoms with Gasteiger partial charge in [-0.15, -0.1) is 0 Å². The molecule has 2 atom stereocenters. The van der Waals surface area contributed by atoms with E-state index in [0.29, 0.717) is 51.0 Å². The van der Waals surface area contributed by atoms with Crippen LogP contribution in [0.25, 0.3) is 11.1 Å². The molecule has 18 heteroatoms. The third kappa shape index (κ3) is 7.61. The van der Waals surface area contributed by atoms with E-state index in [1.807, 2.05) is 0 Å². The van der Waals surface area contributed by atoms with Crippen LogP contribution in [0.4, 0.5) is 51.3 Å². The number of anilines is 2. The summed E-state index contributed by atoms with van der Waals surface area (Å²) in [5.41, 5.74) is -0.329. The summed E-state index contributed by atoms with van der Waals surface area (Å²) in [4.78, 5) is 20.9. The maximum Gasteiger partial charge on any atom is 0.429 e. The van der Waals surface area contributed by atoms with E-state index in [9.17, 15) is 49.4 Å². The average Bonchev–Trinajstić information content (AvgIpc) is 3.38. The minimum Gasteiger partial charge on any atom is -0.480 e. The van der Waals surface area contributed by atoms with Gasteiger partial charge in [-0.05, 0) is 66.1 Å². The lowest BCUT2D eigenvalue weighted by molar-refractivity contribution is -0.198. The number of ether oxygens (including phenoxy) is 1. The Bertz CT molecular complexity index is 1630. The lowest BCUT2D eigenvalue weighted by Crippen LogP contribution is -2.41. The second kappa shape index (κ2) is 12.2. The number of aliphatic carboxylic acids is 1. The molecule has 5 rings (SSSR count). The van der Waals surface area contributed by atoms with Crippen molar-refractivity contribution in [2.24, 2.45) is 5.41 Å². The molecule has 0 bridgehead atoms. The minimum absolute atomic E-state index is 0.105. The van der Waals surface area contributed by atoms with Crippen LogP contribution < -0.4 is 20.7 Å². The second-order valence-corrected chi connectivity index (χ2v) is 11.9. The molecule has 1 spiro atoms. The van der Waals surface area contributed by atoms with Gasteiger partial charge in [-0.3, -0.25) is 4.79 Å². The van der Waals surface area contributed by atoms with Gasteiger partial charge in [0.05, 0.1) is 11.1 Å². The SMILES string of the molecule is Nc1nc(O[C@H](c2ccc(Cl)cc2-c2cc(C(F)(F)F)cc(C(F)(F)F)c2)C(F)(F)F)cc(N2CCC3(CC2)CN[C@H](C(=O)O)C3)n1. The normalized spacial score (nSPS) is 19.2. The van der Waals surface area contributed by atoms with Gasteiger partial charge in [-0.1, -0.05) is 17.7 Å². The summed E-state index contributed by atoms with van der Waals surface area (Å²) < 4.78 is 130. The fourth-order valence-electron chi connectivity index (χ4n) is 5.88. The van der Waals surface area contributed by atoms with E-state index in [-0.39, 0.29) is 22.3 Å². The zero-order valence-electron chi connectivity index (χ0n) is 23.9. The van der Waals surface area contributed by atoms with Crippen LogP contribution in [0.15, 0.2) is 42.5 Å². The van der Waals surface area contributed by atoms with Crippen LogP contribution in [-0.2, 0) is 17.1 Å². The number of alkyl halides is 9. The van der Waals surface area contributed by atoms with Crippen LogP contribution in [0.3, 0.4) is 0 Å². The number of carbonyl (C=O) groups is 1. The van der Waals surface area contributed by atoms with E-state index in [1.165, 1.54) is 0 Å². The first kappa shape index (κ1) is 34.3. The second-order valence-electron chi connectivity index (χ2n) is 11.5. The first-order valence-electron chi connectivity index (χ1n) is 13.9. The predicted molar refractivity (Wildman–Crippen MR) is 151 cm³/mol. The number of aromatic nitrogens is 2. The van der Waals surface area contributed by atoms with Crippen molar-refractivity contribution in [2.45, 2.75) is 49.9 Å². The Kier molecular flexibility index (Phi) is 8.94. The zero-order chi connectivity index (χ0) is 34.5. The summed E-state index contributed by atoms with van der Waals surface area (Å²) in [6.07, 6.45) is -17.2. The Morgan fingerprint density at radius 2 is 1.60 bits per heavy atom. The van der Waals surface area contributed by atoms with Gasteiger partial charge < -0.3 is 25.8 Å². The Labute approximate surface area is 265 Å². The number of nitrogens with zero attached hydrogens (tertiary/aromatic N) is 3. The molecular formula is C29H25ClF9N5O3. The quantitative estimate of drug-likeness (QED) is 0.233. The number of piperidine rings is 1. The summed E-state index contributed by atoms with van der Waals surface area (Å²) in [5, 5.41) is 12.0. The predicted octanol–water partition coefficient (Wildman–Crippen LogP) is 7.13. The van der Waals surface area contributed by atoms with E-state index in [4.69, 9.17) is 22.1 Å². The van der Waals surface area contributed by atoms with Crippen LogP contribution in [0.1, 0.15) is 42.1 Å². The van der Waals surface area contributed by atoms with Crippen molar-refractivity contribution in [3.05, 3.63) is 64.2 Å². The molecule has 3 heterocycles. The number of nitrogens with two attached hydrogens (primary N) is 1. The molecule has 2 aromatic carbocycles. The number of nitrogens with one attached hydrogen (secondary N) is 1. The van der Waals surface area contributed by atoms with Gasteiger partial charge in [0.2, 0.25) is 17.9 Å². The first-order chi connectivity index (χ1) is 21.7. The van der Waals surface area contributed by atoms with Gasteiger partial charge >= 0.3 is 24.5 Å². The van der Waals surface area contributed by atoms with Crippen molar-refractivity contribution in [1.29, 1.82) is 0 Å². The summed E-state index contributed by atoms with van der Waals surface area (Å²) in [7, 11) is 0. The van der Waals surface area contributed by atoms with E-state index < -0.39 is 76.3 Å². The monoisotopic (exact) mass is 697 g/mol. The molecule has 0 amide bonds. The molecule has 8 nitrogen and oxygen atoms in total. The van der Waals surface area contributed by atoms with Crippen molar-refractivity contribution in [1.82, 2.24) is 15.3 Å². The van der Waals surface area contributed by atoms with Gasteiger partial charge in [-0.25, -0.2) is 0 Å². The van der Waals surface area contributed by atoms with Crippen molar-refractivity contribution in [3.63, 3.8) is 0 Å². The first-order valence-corrected chi connectivity index (χ1v) is 14.3. The molecule has 2 aliphatic heterocycles. The number of rotatable bonds is 6. The molecule has 0 radical (unpaired) electrons. The Hall–Kier alpha value is -3.99. The lowest BCUT2D eigenvalue weighted by Gasteiger charge is -2.39. The largest absolute Gasteiger partial charge is 0.480 e. The van der Waals surface area contributed by atoms with Gasteiger partial charge in [0, 0.05) is 36.3 Å².